The van der Waals surface area contributed by atoms with Gasteiger partial charge in [0.1, 0.15) is 6.10 Å². The van der Waals surface area contributed by atoms with Gasteiger partial charge in [0.25, 0.3) is 0 Å². The molecule has 1 aliphatic rings. The van der Waals surface area contributed by atoms with E-state index < -0.39 is 24.0 Å². The minimum Gasteiger partial charge on any atom is -0.463 e. The Bertz CT molecular complexity index is 645. The smallest absolute Gasteiger partial charge is 0.330 e. The summed E-state index contributed by atoms with van der Waals surface area (Å²) in [5, 5.41) is 0. The molecule has 1 aromatic carbocycles. The van der Waals surface area contributed by atoms with Gasteiger partial charge in [0.15, 0.2) is 11.6 Å². The second-order valence-corrected chi connectivity index (χ2v) is 6.13. The lowest BCUT2D eigenvalue weighted by atomic mass is 10.0. The van der Waals surface area contributed by atoms with Crippen LogP contribution in [0, 0.1) is 0 Å². The molecular weight excluding hydrogens is 320 g/mol. The molecule has 5 nitrogen and oxygen atoms in total. The van der Waals surface area contributed by atoms with Crippen LogP contribution in [-0.2, 0) is 23.8 Å². The number of carbonyl (C=O) groups is 2. The molecule has 0 aromatic heterocycles. The highest BCUT2D eigenvalue weighted by molar-refractivity contribution is 5.97. The lowest BCUT2D eigenvalue weighted by Gasteiger charge is -2.16. The van der Waals surface area contributed by atoms with E-state index in [-0.39, 0.29) is 5.78 Å². The van der Waals surface area contributed by atoms with Gasteiger partial charge in [-0.25, -0.2) is 4.79 Å². The molecule has 2 rings (SSSR count). The monoisotopic (exact) mass is 344 g/mol. The van der Waals surface area contributed by atoms with Crippen LogP contribution in [0.25, 0.3) is 6.08 Å². The first-order valence-corrected chi connectivity index (χ1v) is 8.37. The second-order valence-electron chi connectivity index (χ2n) is 6.13. The van der Waals surface area contributed by atoms with Crippen molar-refractivity contribution in [2.24, 2.45) is 0 Å². The number of carbonyl (C=O) groups excluding carboxylic acids is 2. The van der Waals surface area contributed by atoms with Gasteiger partial charge >= 0.3 is 5.97 Å². The third kappa shape index (κ3) is 5.96. The summed E-state index contributed by atoms with van der Waals surface area (Å²) in [6, 6.07) is 9.57. The van der Waals surface area contributed by atoms with Gasteiger partial charge in [0, 0.05) is 6.08 Å². The third-order valence-electron chi connectivity index (χ3n) is 3.61. The van der Waals surface area contributed by atoms with Crippen molar-refractivity contribution in [3.8, 4) is 0 Å². The number of hydrogen-bond acceptors (Lipinski definition) is 5. The summed E-state index contributed by atoms with van der Waals surface area (Å²) >= 11 is 0. The highest BCUT2D eigenvalue weighted by atomic mass is 16.8. The maximum Gasteiger partial charge on any atom is 0.330 e. The summed E-state index contributed by atoms with van der Waals surface area (Å²) in [4.78, 5) is 23.9. The average Bonchev–Trinajstić information content (AvgIpc) is 2.89. The van der Waals surface area contributed by atoms with Crippen molar-refractivity contribution in [3.05, 3.63) is 54.1 Å². The Labute approximate surface area is 148 Å². The Balaban J connectivity index is 2.01. The van der Waals surface area contributed by atoms with Crippen molar-refractivity contribution in [3.63, 3.8) is 0 Å². The number of rotatable bonds is 7. The Morgan fingerprint density at radius 2 is 1.88 bits per heavy atom. The van der Waals surface area contributed by atoms with Gasteiger partial charge in [0.05, 0.1) is 12.7 Å². The zero-order valence-corrected chi connectivity index (χ0v) is 14.8. The van der Waals surface area contributed by atoms with Gasteiger partial charge in [-0.05, 0) is 38.8 Å². The van der Waals surface area contributed by atoms with Crippen LogP contribution in [0.3, 0.4) is 0 Å². The number of ether oxygens (including phenoxy) is 3. The maximum atomic E-state index is 12.5. The molecule has 1 saturated heterocycles. The molecule has 1 aliphatic heterocycles. The van der Waals surface area contributed by atoms with E-state index >= 15 is 0 Å². The highest BCUT2D eigenvalue weighted by Crippen LogP contribution is 2.31. The molecule has 0 amide bonds. The van der Waals surface area contributed by atoms with E-state index in [1.165, 1.54) is 12.2 Å². The fourth-order valence-corrected chi connectivity index (χ4v) is 2.57. The van der Waals surface area contributed by atoms with Crippen LogP contribution < -0.4 is 0 Å². The Kier molecular flexibility index (Phi) is 6.67. The van der Waals surface area contributed by atoms with E-state index in [0.717, 1.165) is 5.56 Å². The highest BCUT2D eigenvalue weighted by Gasteiger charge is 2.43. The summed E-state index contributed by atoms with van der Waals surface area (Å²) in [5.74, 6) is -1.42. The molecule has 0 unspecified atom stereocenters. The zero-order chi connectivity index (χ0) is 18.3. The van der Waals surface area contributed by atoms with Crippen molar-refractivity contribution in [1.29, 1.82) is 0 Å². The van der Waals surface area contributed by atoms with Crippen molar-refractivity contribution < 1.29 is 23.8 Å². The van der Waals surface area contributed by atoms with Crippen LogP contribution in [0.1, 0.15) is 32.8 Å². The van der Waals surface area contributed by atoms with E-state index in [9.17, 15) is 9.59 Å². The molecule has 0 N–H and O–H groups in total. The first-order valence-electron chi connectivity index (χ1n) is 8.37. The summed E-state index contributed by atoms with van der Waals surface area (Å²) in [6.45, 7) is 5.60. The Hall–Kier alpha value is -2.24. The Morgan fingerprint density at radius 1 is 1.16 bits per heavy atom. The van der Waals surface area contributed by atoms with Crippen LogP contribution in [0.2, 0.25) is 0 Å². The van der Waals surface area contributed by atoms with Gasteiger partial charge in [0.2, 0.25) is 0 Å². The normalized spacial score (nSPS) is 22.5. The van der Waals surface area contributed by atoms with E-state index in [4.69, 9.17) is 14.2 Å². The topological polar surface area (TPSA) is 61.8 Å². The van der Waals surface area contributed by atoms with Gasteiger partial charge in [-0.3, -0.25) is 4.79 Å². The molecule has 1 aromatic rings. The minimum absolute atomic E-state index is 0.163. The van der Waals surface area contributed by atoms with E-state index in [2.05, 4.69) is 0 Å². The van der Waals surface area contributed by atoms with Gasteiger partial charge in [-0.2, -0.15) is 0 Å². The number of ketones is 1. The standard InChI is InChI=1S/C20H24O5/c1-4-23-18(22)12-8-11-17-19(25-20(2,3)24-17)16(21)14-13-15-9-6-5-7-10-15/h5-10,12-14,17,19H,4,11H2,1-3H3/b12-8+,14-13+/t17-,19+/m1/s1. The number of benzene rings is 1. The molecule has 0 spiro atoms. The van der Waals surface area contributed by atoms with Gasteiger partial charge in [-0.1, -0.05) is 42.5 Å². The van der Waals surface area contributed by atoms with Gasteiger partial charge in [-0.15, -0.1) is 0 Å². The summed E-state index contributed by atoms with van der Waals surface area (Å²) in [5.41, 5.74) is 0.938. The van der Waals surface area contributed by atoms with Crippen LogP contribution in [0.4, 0.5) is 0 Å². The molecule has 134 valence electrons. The third-order valence-corrected chi connectivity index (χ3v) is 3.61. The molecule has 1 fully saturated rings. The van der Waals surface area contributed by atoms with E-state index in [1.54, 1.807) is 32.9 Å². The molecular formula is C20H24O5. The zero-order valence-electron chi connectivity index (χ0n) is 14.8. The fraction of sp³-hybridized carbons (Fsp3) is 0.400. The number of esters is 1. The molecule has 0 bridgehead atoms. The van der Waals surface area contributed by atoms with Crippen LogP contribution in [0.15, 0.2) is 48.6 Å². The predicted molar refractivity (Wildman–Crippen MR) is 94.7 cm³/mol. The van der Waals surface area contributed by atoms with Crippen molar-refractivity contribution in [2.75, 3.05) is 6.61 Å². The van der Waals surface area contributed by atoms with Crippen LogP contribution in [0.5, 0.6) is 0 Å². The largest absolute Gasteiger partial charge is 0.463 e. The van der Waals surface area contributed by atoms with Crippen molar-refractivity contribution in [2.45, 2.75) is 45.2 Å². The Morgan fingerprint density at radius 3 is 2.56 bits per heavy atom. The molecule has 5 heteroatoms. The van der Waals surface area contributed by atoms with Crippen LogP contribution >= 0.6 is 0 Å². The lowest BCUT2D eigenvalue weighted by Crippen LogP contribution is -2.30. The fourth-order valence-electron chi connectivity index (χ4n) is 2.57. The van der Waals surface area contributed by atoms with Crippen LogP contribution in [-0.4, -0.2) is 36.4 Å². The first-order chi connectivity index (χ1) is 11.9. The van der Waals surface area contributed by atoms with E-state index in [1.807, 2.05) is 30.3 Å². The molecule has 0 radical (unpaired) electrons. The first kappa shape index (κ1) is 19.1. The molecule has 0 aliphatic carbocycles. The number of hydrogen-bond donors (Lipinski definition) is 0. The molecule has 1 heterocycles. The maximum absolute atomic E-state index is 12.5. The quantitative estimate of drug-likeness (QED) is 0.561. The van der Waals surface area contributed by atoms with E-state index in [0.29, 0.717) is 13.0 Å². The van der Waals surface area contributed by atoms with Crippen molar-refractivity contribution in [1.82, 2.24) is 0 Å². The molecule has 25 heavy (non-hydrogen) atoms. The summed E-state index contributed by atoms with van der Waals surface area (Å²) in [6.07, 6.45) is 5.48. The lowest BCUT2D eigenvalue weighted by molar-refractivity contribution is -0.152. The van der Waals surface area contributed by atoms with Crippen molar-refractivity contribution >= 4 is 17.8 Å². The second kappa shape index (κ2) is 8.74. The minimum atomic E-state index is -0.844. The average molecular weight is 344 g/mol. The SMILES string of the molecule is CCOC(=O)/C=C/C[C@H]1OC(C)(C)O[C@H]1C(=O)/C=C/c1ccccc1. The molecule has 2 atom stereocenters. The van der Waals surface area contributed by atoms with Gasteiger partial charge < -0.3 is 14.2 Å². The summed E-state index contributed by atoms with van der Waals surface area (Å²) in [7, 11) is 0. The molecule has 0 saturated carbocycles. The predicted octanol–water partition coefficient (Wildman–Crippen LogP) is 3.30. The summed E-state index contributed by atoms with van der Waals surface area (Å²) < 4.78 is 16.4.